The molecule has 21 heavy (non-hydrogen) atoms. The summed E-state index contributed by atoms with van der Waals surface area (Å²) in [6, 6.07) is 4.26. The zero-order valence-electron chi connectivity index (χ0n) is 11.8. The molecule has 0 radical (unpaired) electrons. The minimum absolute atomic E-state index is 0.0400. The van der Waals surface area contributed by atoms with E-state index in [4.69, 9.17) is 14.6 Å². The summed E-state index contributed by atoms with van der Waals surface area (Å²) in [4.78, 5) is 33.8. The van der Waals surface area contributed by atoms with Crippen LogP contribution in [0.5, 0.6) is 0 Å². The molecular formula is C15H16O6. The minimum atomic E-state index is -1.11. The highest BCUT2D eigenvalue weighted by Gasteiger charge is 2.13. The smallest absolute Gasteiger partial charge is 0.338 e. The molecule has 0 unspecified atom stereocenters. The monoisotopic (exact) mass is 292 g/mol. The average molecular weight is 292 g/mol. The molecule has 1 rings (SSSR count). The van der Waals surface area contributed by atoms with Gasteiger partial charge in [0.1, 0.15) is 13.2 Å². The Balaban J connectivity index is 2.57. The van der Waals surface area contributed by atoms with Crippen LogP contribution in [0.1, 0.15) is 33.2 Å². The molecule has 112 valence electrons. The van der Waals surface area contributed by atoms with Crippen molar-refractivity contribution in [2.45, 2.75) is 13.8 Å². The Hall–Kier alpha value is -2.63. The maximum Gasteiger partial charge on any atom is 0.338 e. The highest BCUT2D eigenvalue weighted by atomic mass is 16.6. The highest BCUT2D eigenvalue weighted by Crippen LogP contribution is 2.12. The topological polar surface area (TPSA) is 89.9 Å². The van der Waals surface area contributed by atoms with Crippen LogP contribution >= 0.6 is 0 Å². The van der Waals surface area contributed by atoms with Crippen molar-refractivity contribution in [2.24, 2.45) is 0 Å². The second-order valence-electron chi connectivity index (χ2n) is 4.39. The van der Waals surface area contributed by atoms with Crippen molar-refractivity contribution in [1.82, 2.24) is 0 Å². The van der Waals surface area contributed by atoms with Crippen LogP contribution in [0.2, 0.25) is 0 Å². The summed E-state index contributed by atoms with van der Waals surface area (Å²) in [5.41, 5.74) is 0.975. The molecule has 0 amide bonds. The molecule has 0 atom stereocenters. The Morgan fingerprint density at radius 1 is 1.19 bits per heavy atom. The van der Waals surface area contributed by atoms with Gasteiger partial charge < -0.3 is 14.6 Å². The van der Waals surface area contributed by atoms with Crippen molar-refractivity contribution in [1.29, 1.82) is 0 Å². The first kappa shape index (κ1) is 16.4. The van der Waals surface area contributed by atoms with Gasteiger partial charge in [-0.15, -0.1) is 0 Å². The van der Waals surface area contributed by atoms with E-state index >= 15 is 0 Å². The van der Waals surface area contributed by atoms with Gasteiger partial charge in [0.25, 0.3) is 0 Å². The molecule has 0 fully saturated rings. The zero-order valence-corrected chi connectivity index (χ0v) is 11.8. The normalized spacial score (nSPS) is 9.81. The van der Waals surface area contributed by atoms with Crippen LogP contribution in [-0.2, 0) is 14.3 Å². The summed E-state index contributed by atoms with van der Waals surface area (Å²) in [6.07, 6.45) is 0. The minimum Gasteiger partial charge on any atom is -0.478 e. The molecule has 0 heterocycles. The lowest BCUT2D eigenvalue weighted by atomic mass is 10.1. The number of hydrogen-bond acceptors (Lipinski definition) is 5. The number of carboxylic acids is 1. The first-order valence-electron chi connectivity index (χ1n) is 6.16. The first-order chi connectivity index (χ1) is 9.82. The Kier molecular flexibility index (Phi) is 5.66. The van der Waals surface area contributed by atoms with Crippen LogP contribution in [0, 0.1) is 6.92 Å². The third-order valence-electron chi connectivity index (χ3n) is 2.60. The number of hydrogen-bond donors (Lipinski definition) is 1. The fraction of sp³-hybridized carbons (Fsp3) is 0.267. The predicted molar refractivity (Wildman–Crippen MR) is 74.2 cm³/mol. The summed E-state index contributed by atoms with van der Waals surface area (Å²) < 4.78 is 9.66. The second kappa shape index (κ2) is 7.23. The summed E-state index contributed by atoms with van der Waals surface area (Å²) in [7, 11) is 0. The maximum absolute atomic E-state index is 11.7. The average Bonchev–Trinajstić information content (AvgIpc) is 2.43. The Morgan fingerprint density at radius 3 is 2.38 bits per heavy atom. The number of carboxylic acid groups (broad SMARTS) is 1. The van der Waals surface area contributed by atoms with Gasteiger partial charge in [-0.1, -0.05) is 12.6 Å². The fourth-order valence-electron chi connectivity index (χ4n) is 1.45. The van der Waals surface area contributed by atoms with E-state index in [0.717, 1.165) is 0 Å². The molecule has 0 bridgehead atoms. The Bertz CT molecular complexity index is 588. The zero-order chi connectivity index (χ0) is 16.0. The molecule has 0 spiro atoms. The van der Waals surface area contributed by atoms with Gasteiger partial charge >= 0.3 is 17.9 Å². The molecule has 6 nitrogen and oxygen atoms in total. The SMILES string of the molecule is C=C(C)C(=O)OCCOC(=O)c1ccc(C)c(C(=O)O)c1. The molecule has 1 aromatic rings. The molecule has 1 N–H and O–H groups in total. The van der Waals surface area contributed by atoms with E-state index < -0.39 is 17.9 Å². The molecule has 0 aliphatic rings. The van der Waals surface area contributed by atoms with Crippen molar-refractivity contribution < 1.29 is 29.0 Å². The van der Waals surface area contributed by atoms with Gasteiger partial charge in [0.15, 0.2) is 0 Å². The van der Waals surface area contributed by atoms with Crippen LogP contribution in [0.4, 0.5) is 0 Å². The van der Waals surface area contributed by atoms with Gasteiger partial charge in [-0.25, -0.2) is 14.4 Å². The van der Waals surface area contributed by atoms with Gasteiger partial charge in [-0.05, 0) is 31.5 Å². The lowest BCUT2D eigenvalue weighted by molar-refractivity contribution is -0.140. The van der Waals surface area contributed by atoms with Crippen LogP contribution < -0.4 is 0 Å². The van der Waals surface area contributed by atoms with Crippen molar-refractivity contribution >= 4 is 17.9 Å². The van der Waals surface area contributed by atoms with Crippen molar-refractivity contribution in [3.8, 4) is 0 Å². The summed E-state index contributed by atoms with van der Waals surface area (Å²) in [6.45, 7) is 6.35. The van der Waals surface area contributed by atoms with Crippen LogP contribution in [-0.4, -0.2) is 36.2 Å². The molecule has 0 aliphatic carbocycles. The lowest BCUT2D eigenvalue weighted by Gasteiger charge is -2.07. The molecule has 0 saturated heterocycles. The standard InChI is InChI=1S/C15H16O6/c1-9(2)14(18)20-6-7-21-15(19)11-5-4-10(3)12(8-11)13(16)17/h4-5,8H,1,6-7H2,2-3H3,(H,16,17). The van der Waals surface area contributed by atoms with Crippen LogP contribution in [0.15, 0.2) is 30.4 Å². The van der Waals surface area contributed by atoms with Gasteiger partial charge in [0.05, 0.1) is 11.1 Å². The second-order valence-corrected chi connectivity index (χ2v) is 4.39. The van der Waals surface area contributed by atoms with E-state index in [1.54, 1.807) is 6.92 Å². The molecule has 0 aromatic heterocycles. The van der Waals surface area contributed by atoms with E-state index in [9.17, 15) is 14.4 Å². The molecule has 0 saturated carbocycles. The lowest BCUT2D eigenvalue weighted by Crippen LogP contribution is -2.14. The summed E-state index contributed by atoms with van der Waals surface area (Å²) >= 11 is 0. The number of benzene rings is 1. The van der Waals surface area contributed by atoms with Gasteiger partial charge in [0, 0.05) is 5.57 Å². The third kappa shape index (κ3) is 4.76. The number of aryl methyl sites for hydroxylation is 1. The summed E-state index contributed by atoms with van der Waals surface area (Å²) in [5, 5.41) is 8.98. The van der Waals surface area contributed by atoms with E-state index in [1.807, 2.05) is 0 Å². The maximum atomic E-state index is 11.7. The molecule has 1 aromatic carbocycles. The number of rotatable bonds is 6. The van der Waals surface area contributed by atoms with Crippen molar-refractivity contribution in [3.63, 3.8) is 0 Å². The van der Waals surface area contributed by atoms with Crippen molar-refractivity contribution in [3.05, 3.63) is 47.0 Å². The number of carbonyl (C=O) groups is 3. The molecular weight excluding hydrogens is 276 g/mol. The Morgan fingerprint density at radius 2 is 1.81 bits per heavy atom. The van der Waals surface area contributed by atoms with E-state index in [2.05, 4.69) is 6.58 Å². The van der Waals surface area contributed by atoms with E-state index in [1.165, 1.54) is 25.1 Å². The first-order valence-corrected chi connectivity index (χ1v) is 6.16. The van der Waals surface area contributed by atoms with Crippen LogP contribution in [0.3, 0.4) is 0 Å². The summed E-state index contributed by atoms with van der Waals surface area (Å²) in [5.74, 6) is -2.35. The third-order valence-corrected chi connectivity index (χ3v) is 2.60. The number of esters is 2. The highest BCUT2D eigenvalue weighted by molar-refractivity contribution is 5.95. The predicted octanol–water partition coefficient (Wildman–Crippen LogP) is 1.97. The molecule has 6 heteroatoms. The quantitative estimate of drug-likeness (QED) is 0.490. The molecule has 0 aliphatic heterocycles. The van der Waals surface area contributed by atoms with Crippen LogP contribution in [0.25, 0.3) is 0 Å². The Labute approximate surface area is 122 Å². The van der Waals surface area contributed by atoms with Crippen molar-refractivity contribution in [2.75, 3.05) is 13.2 Å². The van der Waals surface area contributed by atoms with Gasteiger partial charge in [-0.3, -0.25) is 0 Å². The van der Waals surface area contributed by atoms with Gasteiger partial charge in [0.2, 0.25) is 0 Å². The number of carbonyl (C=O) groups excluding carboxylic acids is 2. The fourth-order valence-corrected chi connectivity index (χ4v) is 1.45. The van der Waals surface area contributed by atoms with E-state index in [-0.39, 0.29) is 29.9 Å². The largest absolute Gasteiger partial charge is 0.478 e. The number of ether oxygens (including phenoxy) is 2. The van der Waals surface area contributed by atoms with Gasteiger partial charge in [-0.2, -0.15) is 0 Å². The van der Waals surface area contributed by atoms with E-state index in [0.29, 0.717) is 5.56 Å². The number of aromatic carboxylic acids is 1.